The largest absolute Gasteiger partial charge is 0.340 e. The van der Waals surface area contributed by atoms with Crippen LogP contribution in [0.2, 0.25) is 0 Å². The van der Waals surface area contributed by atoms with Gasteiger partial charge in [-0.3, -0.25) is 4.79 Å². The number of aromatic nitrogens is 3. The molecule has 27 heavy (non-hydrogen) atoms. The summed E-state index contributed by atoms with van der Waals surface area (Å²) < 4.78 is 5.11. The van der Waals surface area contributed by atoms with E-state index in [1.807, 2.05) is 30.3 Å². The van der Waals surface area contributed by atoms with Gasteiger partial charge >= 0.3 is 0 Å². The van der Waals surface area contributed by atoms with E-state index in [9.17, 15) is 4.79 Å². The summed E-state index contributed by atoms with van der Waals surface area (Å²) in [5.41, 5.74) is 1.67. The van der Waals surface area contributed by atoms with E-state index >= 15 is 0 Å². The molecule has 0 aliphatic carbocycles. The number of nitrogens with one attached hydrogen (secondary N) is 1. The second kappa shape index (κ2) is 9.14. The fourth-order valence-electron chi connectivity index (χ4n) is 2.38. The summed E-state index contributed by atoms with van der Waals surface area (Å²) in [6, 6.07) is 13.2. The number of carbonyl (C=O) groups excluding carboxylic acids is 1. The third-order valence-corrected chi connectivity index (χ3v) is 4.66. The smallest absolute Gasteiger partial charge is 0.254 e. The zero-order valence-corrected chi connectivity index (χ0v) is 15.9. The predicted octanol–water partition coefficient (Wildman–Crippen LogP) is 4.07. The molecular weight excluding hydrogens is 360 g/mol. The van der Waals surface area contributed by atoms with Crippen molar-refractivity contribution in [3.8, 4) is 0 Å². The van der Waals surface area contributed by atoms with Crippen LogP contribution in [0.3, 0.4) is 0 Å². The Morgan fingerprint density at radius 3 is 2.81 bits per heavy atom. The van der Waals surface area contributed by atoms with Gasteiger partial charge in [-0.25, -0.2) is 4.98 Å². The van der Waals surface area contributed by atoms with Crippen LogP contribution >= 0.6 is 11.8 Å². The first kappa shape index (κ1) is 18.8. The molecule has 3 rings (SSSR count). The molecule has 0 saturated heterocycles. The summed E-state index contributed by atoms with van der Waals surface area (Å²) in [6.07, 6.45) is 5.79. The van der Waals surface area contributed by atoms with Crippen LogP contribution in [0.5, 0.6) is 0 Å². The number of pyridine rings is 1. The second-order valence-corrected chi connectivity index (χ2v) is 6.86. The van der Waals surface area contributed by atoms with Gasteiger partial charge in [-0.2, -0.15) is 4.98 Å². The lowest BCUT2D eigenvalue weighted by molar-refractivity contribution is 0.0929. The molecule has 0 bridgehead atoms. The Hall–Kier alpha value is -2.93. The summed E-state index contributed by atoms with van der Waals surface area (Å²) in [4.78, 5) is 21.1. The first-order valence-electron chi connectivity index (χ1n) is 8.54. The van der Waals surface area contributed by atoms with Crippen molar-refractivity contribution in [2.24, 2.45) is 0 Å². The molecule has 3 aromatic rings. The van der Waals surface area contributed by atoms with E-state index in [4.69, 9.17) is 4.52 Å². The molecule has 0 fully saturated rings. The van der Waals surface area contributed by atoms with Crippen LogP contribution in [0.25, 0.3) is 6.08 Å². The number of aryl methyl sites for hydroxylation is 1. The molecule has 7 heteroatoms. The molecule has 0 unspecified atom stereocenters. The first-order chi connectivity index (χ1) is 13.1. The van der Waals surface area contributed by atoms with Gasteiger partial charge in [0.15, 0.2) is 5.82 Å². The van der Waals surface area contributed by atoms with Gasteiger partial charge in [0.05, 0.1) is 5.56 Å². The van der Waals surface area contributed by atoms with Gasteiger partial charge in [-0.15, -0.1) is 11.8 Å². The minimum absolute atomic E-state index is 0.221. The lowest BCUT2D eigenvalue weighted by atomic mass is 10.2. The number of amides is 1. The Balaban J connectivity index is 1.62. The van der Waals surface area contributed by atoms with E-state index < -0.39 is 0 Å². The molecule has 0 aliphatic heterocycles. The summed E-state index contributed by atoms with van der Waals surface area (Å²) in [5.74, 6) is 1.41. The van der Waals surface area contributed by atoms with Crippen LogP contribution in [0, 0.1) is 6.92 Å². The van der Waals surface area contributed by atoms with E-state index in [-0.39, 0.29) is 11.9 Å². The third-order valence-electron chi connectivity index (χ3n) is 3.70. The Morgan fingerprint density at radius 2 is 2.07 bits per heavy atom. The molecule has 2 aromatic heterocycles. The van der Waals surface area contributed by atoms with E-state index in [2.05, 4.69) is 32.6 Å². The molecule has 0 spiro atoms. The fourth-order valence-corrected chi connectivity index (χ4v) is 3.18. The van der Waals surface area contributed by atoms with Crippen LogP contribution in [-0.4, -0.2) is 26.8 Å². The van der Waals surface area contributed by atoms with Gasteiger partial charge in [-0.05, 0) is 31.5 Å². The molecule has 0 saturated carbocycles. The van der Waals surface area contributed by atoms with E-state index in [0.717, 1.165) is 5.56 Å². The number of carbonyl (C=O) groups is 1. The standard InChI is InChI=1S/C20H20N4O2S/c1-14(19-23-15(2)24-26-19)22-18(25)17-11-6-12-21-20(17)27-13-7-10-16-8-4-3-5-9-16/h3-12,14H,13H2,1-2H3,(H,22,25)/b10-7+/t14-/m0/s1. The molecule has 138 valence electrons. The molecule has 0 radical (unpaired) electrons. The first-order valence-corrected chi connectivity index (χ1v) is 9.52. The highest BCUT2D eigenvalue weighted by molar-refractivity contribution is 7.99. The van der Waals surface area contributed by atoms with Gasteiger partial charge in [-0.1, -0.05) is 47.6 Å². The highest BCUT2D eigenvalue weighted by Crippen LogP contribution is 2.21. The maximum Gasteiger partial charge on any atom is 0.254 e. The summed E-state index contributed by atoms with van der Waals surface area (Å²) >= 11 is 1.51. The van der Waals surface area contributed by atoms with E-state index in [1.54, 1.807) is 32.2 Å². The van der Waals surface area contributed by atoms with Crippen LogP contribution in [0.4, 0.5) is 0 Å². The predicted molar refractivity (Wildman–Crippen MR) is 105 cm³/mol. The maximum atomic E-state index is 12.6. The van der Waals surface area contributed by atoms with Crippen molar-refractivity contribution in [3.05, 3.63) is 77.6 Å². The fraction of sp³-hybridized carbons (Fsp3) is 0.200. The Kier molecular flexibility index (Phi) is 6.38. The average Bonchev–Trinajstić information content (AvgIpc) is 3.13. The van der Waals surface area contributed by atoms with Crippen molar-refractivity contribution >= 4 is 23.7 Å². The minimum Gasteiger partial charge on any atom is -0.340 e. The lowest BCUT2D eigenvalue weighted by Gasteiger charge is -2.11. The molecule has 1 amide bonds. The third kappa shape index (κ3) is 5.27. The molecule has 1 atom stereocenters. The summed E-state index contributed by atoms with van der Waals surface area (Å²) in [6.45, 7) is 3.54. The number of hydrogen-bond acceptors (Lipinski definition) is 6. The van der Waals surface area contributed by atoms with Crippen molar-refractivity contribution in [2.75, 3.05) is 5.75 Å². The number of thioether (sulfide) groups is 1. The Morgan fingerprint density at radius 1 is 1.26 bits per heavy atom. The van der Waals surface area contributed by atoms with Crippen LogP contribution in [0.15, 0.2) is 64.3 Å². The van der Waals surface area contributed by atoms with Gasteiger partial charge in [0.1, 0.15) is 11.1 Å². The number of nitrogens with zero attached hydrogens (tertiary/aromatic N) is 3. The maximum absolute atomic E-state index is 12.6. The normalized spacial score (nSPS) is 12.2. The minimum atomic E-state index is -0.380. The average molecular weight is 380 g/mol. The van der Waals surface area contributed by atoms with Crippen molar-refractivity contribution in [3.63, 3.8) is 0 Å². The van der Waals surface area contributed by atoms with Gasteiger partial charge in [0, 0.05) is 11.9 Å². The monoisotopic (exact) mass is 380 g/mol. The van der Waals surface area contributed by atoms with Crippen molar-refractivity contribution in [2.45, 2.75) is 24.9 Å². The SMILES string of the molecule is Cc1noc([C@H](C)NC(=O)c2cccnc2SC/C=C/c2ccccc2)n1. The van der Waals surface area contributed by atoms with Crippen LogP contribution < -0.4 is 5.32 Å². The summed E-state index contributed by atoms with van der Waals surface area (Å²) in [5, 5.41) is 7.31. The quantitative estimate of drug-likeness (QED) is 0.622. The van der Waals surface area contributed by atoms with Gasteiger partial charge in [0.2, 0.25) is 5.89 Å². The van der Waals surface area contributed by atoms with E-state index in [0.29, 0.717) is 28.1 Å². The van der Waals surface area contributed by atoms with Crippen molar-refractivity contribution < 1.29 is 9.32 Å². The van der Waals surface area contributed by atoms with Crippen LogP contribution in [-0.2, 0) is 0 Å². The number of hydrogen-bond donors (Lipinski definition) is 1. The Labute approximate surface area is 162 Å². The zero-order valence-electron chi connectivity index (χ0n) is 15.1. The molecule has 1 aromatic carbocycles. The van der Waals surface area contributed by atoms with Crippen molar-refractivity contribution in [1.82, 2.24) is 20.4 Å². The summed E-state index contributed by atoms with van der Waals surface area (Å²) in [7, 11) is 0. The highest BCUT2D eigenvalue weighted by Gasteiger charge is 2.19. The zero-order chi connectivity index (χ0) is 19.1. The topological polar surface area (TPSA) is 80.9 Å². The molecule has 0 aliphatic rings. The van der Waals surface area contributed by atoms with E-state index in [1.165, 1.54) is 11.8 Å². The second-order valence-electron chi connectivity index (χ2n) is 5.86. The van der Waals surface area contributed by atoms with Gasteiger partial charge < -0.3 is 9.84 Å². The lowest BCUT2D eigenvalue weighted by Crippen LogP contribution is -2.27. The molecule has 1 N–H and O–H groups in total. The molecule has 6 nitrogen and oxygen atoms in total. The molecule has 2 heterocycles. The Bertz CT molecular complexity index is 924. The molecular formula is C20H20N4O2S. The van der Waals surface area contributed by atoms with Crippen molar-refractivity contribution in [1.29, 1.82) is 0 Å². The van der Waals surface area contributed by atoms with Crippen LogP contribution in [0.1, 0.15) is 40.6 Å². The number of rotatable bonds is 7. The van der Waals surface area contributed by atoms with Gasteiger partial charge in [0.25, 0.3) is 5.91 Å². The number of benzene rings is 1. The highest BCUT2D eigenvalue weighted by atomic mass is 32.2.